The molecule has 0 aliphatic rings. The van der Waals surface area contributed by atoms with E-state index in [0.717, 1.165) is 32.4 Å². The Labute approximate surface area is 89.9 Å². The summed E-state index contributed by atoms with van der Waals surface area (Å²) in [6, 6.07) is 0. The van der Waals surface area contributed by atoms with Crippen molar-refractivity contribution in [2.75, 3.05) is 20.6 Å². The zero-order chi connectivity index (χ0) is 10.4. The van der Waals surface area contributed by atoms with E-state index in [1.165, 1.54) is 9.88 Å². The van der Waals surface area contributed by atoms with Gasteiger partial charge in [0.1, 0.15) is 0 Å². The highest BCUT2D eigenvalue weighted by molar-refractivity contribution is 7.11. The summed E-state index contributed by atoms with van der Waals surface area (Å²) in [5.74, 6) is 0. The van der Waals surface area contributed by atoms with E-state index in [4.69, 9.17) is 5.73 Å². The van der Waals surface area contributed by atoms with Gasteiger partial charge in [0.15, 0.2) is 0 Å². The second-order valence-corrected chi connectivity index (χ2v) is 4.90. The molecule has 3 nitrogen and oxygen atoms in total. The SMILES string of the molecule is CN(C)Cc1cnc(CCCCN)s1. The van der Waals surface area contributed by atoms with Crippen molar-refractivity contribution in [2.45, 2.75) is 25.8 Å². The van der Waals surface area contributed by atoms with Gasteiger partial charge >= 0.3 is 0 Å². The number of thiazole rings is 1. The molecule has 0 unspecified atom stereocenters. The average molecular weight is 213 g/mol. The molecule has 4 heteroatoms. The summed E-state index contributed by atoms with van der Waals surface area (Å²) in [7, 11) is 4.15. The minimum Gasteiger partial charge on any atom is -0.330 e. The Bertz CT molecular complexity index is 258. The Morgan fingerprint density at radius 1 is 1.43 bits per heavy atom. The van der Waals surface area contributed by atoms with E-state index in [2.05, 4.69) is 24.0 Å². The predicted octanol–water partition coefficient (Wildman–Crippen LogP) is 1.49. The van der Waals surface area contributed by atoms with Crippen LogP contribution >= 0.6 is 11.3 Å². The van der Waals surface area contributed by atoms with E-state index >= 15 is 0 Å². The van der Waals surface area contributed by atoms with Gasteiger partial charge in [0, 0.05) is 17.6 Å². The molecule has 0 saturated carbocycles. The summed E-state index contributed by atoms with van der Waals surface area (Å²) in [5, 5.41) is 1.25. The number of hydrogen-bond donors (Lipinski definition) is 1. The van der Waals surface area contributed by atoms with Crippen LogP contribution in [0.25, 0.3) is 0 Å². The molecule has 0 aliphatic heterocycles. The maximum absolute atomic E-state index is 5.44. The van der Waals surface area contributed by atoms with Crippen LogP contribution in [0.4, 0.5) is 0 Å². The van der Waals surface area contributed by atoms with Gasteiger partial charge in [-0.15, -0.1) is 11.3 Å². The second-order valence-electron chi connectivity index (χ2n) is 3.70. The highest BCUT2D eigenvalue weighted by Crippen LogP contribution is 2.16. The van der Waals surface area contributed by atoms with Crippen molar-refractivity contribution in [3.63, 3.8) is 0 Å². The fraction of sp³-hybridized carbons (Fsp3) is 0.700. The van der Waals surface area contributed by atoms with Gasteiger partial charge in [0.2, 0.25) is 0 Å². The number of nitrogens with two attached hydrogens (primary N) is 1. The fourth-order valence-corrected chi connectivity index (χ4v) is 2.35. The molecule has 0 saturated heterocycles. The molecule has 0 amide bonds. The first-order valence-corrected chi connectivity index (χ1v) is 5.82. The molecule has 1 rings (SSSR count). The molecule has 0 fully saturated rings. The monoisotopic (exact) mass is 213 g/mol. The fourth-order valence-electron chi connectivity index (χ4n) is 1.27. The first-order chi connectivity index (χ1) is 6.72. The van der Waals surface area contributed by atoms with Crippen molar-refractivity contribution in [1.29, 1.82) is 0 Å². The molecule has 0 atom stereocenters. The van der Waals surface area contributed by atoms with Crippen LogP contribution in [0.2, 0.25) is 0 Å². The number of rotatable bonds is 6. The van der Waals surface area contributed by atoms with Crippen molar-refractivity contribution in [3.05, 3.63) is 16.1 Å². The molecule has 80 valence electrons. The molecule has 0 aromatic carbocycles. The maximum atomic E-state index is 5.44. The van der Waals surface area contributed by atoms with Gasteiger partial charge in [-0.2, -0.15) is 0 Å². The molecule has 14 heavy (non-hydrogen) atoms. The quantitative estimate of drug-likeness (QED) is 0.728. The third-order valence-electron chi connectivity index (χ3n) is 1.92. The van der Waals surface area contributed by atoms with E-state index in [1.54, 1.807) is 0 Å². The van der Waals surface area contributed by atoms with E-state index in [-0.39, 0.29) is 0 Å². The minimum atomic E-state index is 0.788. The zero-order valence-corrected chi connectivity index (χ0v) is 9.81. The molecule has 1 aromatic rings. The Morgan fingerprint density at radius 2 is 2.21 bits per heavy atom. The Hall–Kier alpha value is -0.450. The lowest BCUT2D eigenvalue weighted by Gasteiger charge is -2.05. The van der Waals surface area contributed by atoms with Crippen molar-refractivity contribution in [1.82, 2.24) is 9.88 Å². The largest absolute Gasteiger partial charge is 0.330 e. The maximum Gasteiger partial charge on any atom is 0.0928 e. The molecule has 2 N–H and O–H groups in total. The van der Waals surface area contributed by atoms with Crippen LogP contribution in [0.5, 0.6) is 0 Å². The van der Waals surface area contributed by atoms with Crippen LogP contribution in [0.3, 0.4) is 0 Å². The van der Waals surface area contributed by atoms with Crippen LogP contribution in [0, 0.1) is 0 Å². The first kappa shape index (κ1) is 11.6. The van der Waals surface area contributed by atoms with Crippen LogP contribution in [0.15, 0.2) is 6.20 Å². The first-order valence-electron chi connectivity index (χ1n) is 5.00. The summed E-state index contributed by atoms with van der Waals surface area (Å²) in [5.41, 5.74) is 5.44. The number of unbranched alkanes of at least 4 members (excludes halogenated alkanes) is 1. The average Bonchev–Trinajstić information content (AvgIpc) is 2.52. The summed E-state index contributed by atoms with van der Waals surface area (Å²) < 4.78 is 0. The van der Waals surface area contributed by atoms with Gasteiger partial charge in [-0.1, -0.05) is 0 Å². The van der Waals surface area contributed by atoms with Crippen molar-refractivity contribution in [2.24, 2.45) is 5.73 Å². The lowest BCUT2D eigenvalue weighted by atomic mass is 10.2. The van der Waals surface area contributed by atoms with Gasteiger partial charge in [-0.3, -0.25) is 0 Å². The molecule has 0 aliphatic carbocycles. The predicted molar refractivity (Wildman–Crippen MR) is 61.5 cm³/mol. The van der Waals surface area contributed by atoms with Crippen LogP contribution in [0.1, 0.15) is 22.7 Å². The number of aromatic nitrogens is 1. The third-order valence-corrected chi connectivity index (χ3v) is 2.96. The van der Waals surface area contributed by atoms with Crippen molar-refractivity contribution >= 4 is 11.3 Å². The third kappa shape index (κ3) is 4.17. The highest BCUT2D eigenvalue weighted by Gasteiger charge is 2.02. The van der Waals surface area contributed by atoms with Crippen LogP contribution in [-0.4, -0.2) is 30.5 Å². The van der Waals surface area contributed by atoms with Gasteiger partial charge in [-0.25, -0.2) is 4.98 Å². The molecule has 1 heterocycles. The molecule has 0 bridgehead atoms. The number of nitrogens with zero attached hydrogens (tertiary/aromatic N) is 2. The summed E-state index contributed by atoms with van der Waals surface area (Å²) in [6.07, 6.45) is 5.33. The lowest BCUT2D eigenvalue weighted by Crippen LogP contribution is -2.09. The van der Waals surface area contributed by atoms with Crippen LogP contribution in [-0.2, 0) is 13.0 Å². The highest BCUT2D eigenvalue weighted by atomic mass is 32.1. The van der Waals surface area contributed by atoms with Crippen LogP contribution < -0.4 is 5.73 Å². The van der Waals surface area contributed by atoms with E-state index in [1.807, 2.05) is 17.5 Å². The Balaban J connectivity index is 2.35. The molecule has 0 spiro atoms. The summed E-state index contributed by atoms with van der Waals surface area (Å²) in [4.78, 5) is 7.90. The zero-order valence-electron chi connectivity index (χ0n) is 8.99. The molecule has 1 aromatic heterocycles. The Morgan fingerprint density at radius 3 is 2.86 bits per heavy atom. The lowest BCUT2D eigenvalue weighted by molar-refractivity contribution is 0.406. The molecule has 0 radical (unpaired) electrons. The summed E-state index contributed by atoms with van der Waals surface area (Å²) in [6.45, 7) is 1.78. The molecular weight excluding hydrogens is 194 g/mol. The van der Waals surface area contributed by atoms with Gasteiger partial charge < -0.3 is 10.6 Å². The summed E-state index contributed by atoms with van der Waals surface area (Å²) >= 11 is 1.82. The van der Waals surface area contributed by atoms with Gasteiger partial charge in [-0.05, 0) is 39.9 Å². The Kier molecular flexibility index (Phi) is 5.07. The smallest absolute Gasteiger partial charge is 0.0928 e. The second kappa shape index (κ2) is 6.11. The van der Waals surface area contributed by atoms with Gasteiger partial charge in [0.05, 0.1) is 5.01 Å². The number of aryl methyl sites for hydroxylation is 1. The van der Waals surface area contributed by atoms with E-state index in [0.29, 0.717) is 0 Å². The van der Waals surface area contributed by atoms with Crippen molar-refractivity contribution < 1.29 is 0 Å². The normalized spacial score (nSPS) is 11.1. The van der Waals surface area contributed by atoms with Gasteiger partial charge in [0.25, 0.3) is 0 Å². The topological polar surface area (TPSA) is 42.2 Å². The number of hydrogen-bond acceptors (Lipinski definition) is 4. The van der Waals surface area contributed by atoms with E-state index in [9.17, 15) is 0 Å². The van der Waals surface area contributed by atoms with E-state index < -0.39 is 0 Å². The minimum absolute atomic E-state index is 0.788. The van der Waals surface area contributed by atoms with Crippen molar-refractivity contribution in [3.8, 4) is 0 Å². The molecular formula is C10H19N3S. The standard InChI is InChI=1S/C10H19N3S/c1-13(2)8-9-7-12-10(14-9)5-3-4-6-11/h7H,3-6,8,11H2,1-2H3.